The Balaban J connectivity index is 1.74. The van der Waals surface area contributed by atoms with Gasteiger partial charge < -0.3 is 19.7 Å². The molecule has 0 radical (unpaired) electrons. The van der Waals surface area contributed by atoms with Crippen molar-refractivity contribution >= 4 is 17.4 Å². The molecule has 122 valence electrons. The fourth-order valence-corrected chi connectivity index (χ4v) is 3.87. The number of nitrogens with zero attached hydrogens (tertiary/aromatic N) is 2. The van der Waals surface area contributed by atoms with Gasteiger partial charge in [-0.25, -0.2) is 9.78 Å². The van der Waals surface area contributed by atoms with Gasteiger partial charge in [0.05, 0.1) is 19.2 Å². The van der Waals surface area contributed by atoms with Crippen LogP contribution in [-0.4, -0.2) is 53.4 Å². The van der Waals surface area contributed by atoms with Crippen molar-refractivity contribution in [3.8, 4) is 0 Å². The van der Waals surface area contributed by atoms with Gasteiger partial charge in [0.1, 0.15) is 16.2 Å². The lowest BCUT2D eigenvalue weighted by Gasteiger charge is -2.40. The molecule has 2 aliphatic rings. The normalized spacial score (nSPS) is 29.0. The summed E-state index contributed by atoms with van der Waals surface area (Å²) in [7, 11) is 0. The number of amides is 1. The van der Waals surface area contributed by atoms with E-state index in [0.29, 0.717) is 19.7 Å². The second kappa shape index (κ2) is 5.79. The van der Waals surface area contributed by atoms with E-state index in [-0.39, 0.29) is 12.1 Å². The van der Waals surface area contributed by atoms with Gasteiger partial charge in [-0.05, 0) is 27.2 Å². The Morgan fingerprint density at radius 2 is 2.41 bits per heavy atom. The Morgan fingerprint density at radius 1 is 1.59 bits per heavy atom. The highest BCUT2D eigenvalue weighted by atomic mass is 32.1. The molecule has 0 bridgehead atoms. The fourth-order valence-electron chi connectivity index (χ4n) is 3.06. The number of ether oxygens (including phenoxy) is 2. The van der Waals surface area contributed by atoms with E-state index in [9.17, 15) is 4.79 Å². The van der Waals surface area contributed by atoms with Crippen LogP contribution in [-0.2, 0) is 9.47 Å². The van der Waals surface area contributed by atoms with Gasteiger partial charge in [0.25, 0.3) is 0 Å². The molecular weight excluding hydrogens is 302 g/mol. The van der Waals surface area contributed by atoms with Gasteiger partial charge in [-0.3, -0.25) is 0 Å². The van der Waals surface area contributed by atoms with E-state index in [4.69, 9.17) is 9.47 Å². The predicted octanol–water partition coefficient (Wildman–Crippen LogP) is 2.18. The second-order valence-electron chi connectivity index (χ2n) is 6.82. The quantitative estimate of drug-likeness (QED) is 0.857. The first-order valence-corrected chi connectivity index (χ1v) is 8.52. The SMILES string of the molecule is CC(C)(C)OC(=O)N1CCC2(C1)OCCNC2c1nccs1. The van der Waals surface area contributed by atoms with E-state index in [1.165, 1.54) is 0 Å². The van der Waals surface area contributed by atoms with Gasteiger partial charge >= 0.3 is 6.09 Å². The average molecular weight is 325 g/mol. The van der Waals surface area contributed by atoms with Gasteiger partial charge in [0, 0.05) is 24.7 Å². The molecule has 2 unspecified atom stereocenters. The average Bonchev–Trinajstić information content (AvgIpc) is 3.08. The third-order valence-corrected chi connectivity index (χ3v) is 4.82. The zero-order chi connectivity index (χ0) is 15.8. The van der Waals surface area contributed by atoms with Crippen LogP contribution in [0.4, 0.5) is 4.79 Å². The molecule has 2 fully saturated rings. The summed E-state index contributed by atoms with van der Waals surface area (Å²) in [5, 5.41) is 6.50. The summed E-state index contributed by atoms with van der Waals surface area (Å²) in [6.07, 6.45) is 2.34. The highest BCUT2D eigenvalue weighted by molar-refractivity contribution is 7.09. The lowest BCUT2D eigenvalue weighted by Crippen LogP contribution is -2.54. The van der Waals surface area contributed by atoms with E-state index >= 15 is 0 Å². The Hall–Kier alpha value is -1.18. The summed E-state index contributed by atoms with van der Waals surface area (Å²) in [4.78, 5) is 18.5. The maximum atomic E-state index is 12.3. The number of likely N-dealkylation sites (tertiary alicyclic amines) is 1. The summed E-state index contributed by atoms with van der Waals surface area (Å²) < 4.78 is 11.6. The van der Waals surface area contributed by atoms with Crippen molar-refractivity contribution in [2.75, 3.05) is 26.2 Å². The number of nitrogens with one attached hydrogen (secondary N) is 1. The number of thiazole rings is 1. The van der Waals surface area contributed by atoms with Crippen molar-refractivity contribution in [1.29, 1.82) is 0 Å². The standard InChI is InChI=1S/C15H23N3O3S/c1-14(2,3)21-13(19)18-7-4-15(10-18)11(16-5-8-20-15)12-17-6-9-22-12/h6,9,11,16H,4-5,7-8,10H2,1-3H3. The number of hydrogen-bond donors (Lipinski definition) is 1. The lowest BCUT2D eigenvalue weighted by molar-refractivity contribution is -0.0902. The first kappa shape index (κ1) is 15.7. The number of aromatic nitrogens is 1. The second-order valence-corrected chi connectivity index (χ2v) is 7.75. The van der Waals surface area contributed by atoms with Gasteiger partial charge in [0.2, 0.25) is 0 Å². The van der Waals surface area contributed by atoms with Crippen LogP contribution in [0.25, 0.3) is 0 Å². The van der Waals surface area contributed by atoms with E-state index in [0.717, 1.165) is 18.0 Å². The van der Waals surface area contributed by atoms with Crippen LogP contribution in [0, 0.1) is 0 Å². The van der Waals surface area contributed by atoms with E-state index in [1.807, 2.05) is 32.3 Å². The number of hydrogen-bond acceptors (Lipinski definition) is 6. The molecule has 1 amide bonds. The van der Waals surface area contributed by atoms with Crippen LogP contribution in [0.5, 0.6) is 0 Å². The largest absolute Gasteiger partial charge is 0.444 e. The molecule has 0 saturated carbocycles. The smallest absolute Gasteiger partial charge is 0.410 e. The molecule has 3 rings (SSSR count). The lowest BCUT2D eigenvalue weighted by atomic mass is 9.91. The number of rotatable bonds is 1. The number of morpholine rings is 1. The number of carbonyl (C=O) groups is 1. The van der Waals surface area contributed by atoms with Crippen LogP contribution >= 0.6 is 11.3 Å². The van der Waals surface area contributed by atoms with Crippen molar-refractivity contribution in [3.63, 3.8) is 0 Å². The molecule has 3 heterocycles. The summed E-state index contributed by atoms with van der Waals surface area (Å²) in [5.41, 5.74) is -0.875. The Morgan fingerprint density at radius 3 is 3.09 bits per heavy atom. The molecule has 1 N–H and O–H groups in total. The molecule has 0 aliphatic carbocycles. The van der Waals surface area contributed by atoms with Crippen LogP contribution < -0.4 is 5.32 Å². The van der Waals surface area contributed by atoms with Crippen molar-refractivity contribution in [2.45, 2.75) is 44.4 Å². The molecule has 22 heavy (non-hydrogen) atoms. The monoisotopic (exact) mass is 325 g/mol. The first-order valence-electron chi connectivity index (χ1n) is 7.64. The third-order valence-electron chi connectivity index (χ3n) is 3.98. The maximum Gasteiger partial charge on any atom is 0.410 e. The summed E-state index contributed by atoms with van der Waals surface area (Å²) >= 11 is 1.62. The highest BCUT2D eigenvalue weighted by Crippen LogP contribution is 2.40. The minimum absolute atomic E-state index is 0.0358. The first-order chi connectivity index (χ1) is 10.4. The zero-order valence-corrected chi connectivity index (χ0v) is 14.1. The van der Waals surface area contributed by atoms with Crippen LogP contribution in [0.3, 0.4) is 0 Å². The molecule has 1 spiro atoms. The number of carbonyl (C=O) groups excluding carboxylic acids is 1. The van der Waals surface area contributed by atoms with Crippen molar-refractivity contribution in [1.82, 2.24) is 15.2 Å². The predicted molar refractivity (Wildman–Crippen MR) is 84.0 cm³/mol. The molecule has 7 heteroatoms. The Labute approximate surface area is 134 Å². The van der Waals surface area contributed by atoms with Gasteiger partial charge in [0.15, 0.2) is 0 Å². The minimum atomic E-state index is -0.479. The third kappa shape index (κ3) is 3.11. The van der Waals surface area contributed by atoms with Crippen LogP contribution in [0.1, 0.15) is 38.2 Å². The summed E-state index contributed by atoms with van der Waals surface area (Å²) in [6.45, 7) is 8.30. The molecule has 1 aromatic rings. The van der Waals surface area contributed by atoms with Crippen LogP contribution in [0.15, 0.2) is 11.6 Å². The molecule has 0 aromatic carbocycles. The van der Waals surface area contributed by atoms with E-state index < -0.39 is 11.2 Å². The molecule has 2 aliphatic heterocycles. The Kier molecular flexibility index (Phi) is 4.13. The van der Waals surface area contributed by atoms with Gasteiger partial charge in [-0.1, -0.05) is 0 Å². The molecule has 2 saturated heterocycles. The van der Waals surface area contributed by atoms with E-state index in [2.05, 4.69) is 10.3 Å². The zero-order valence-electron chi connectivity index (χ0n) is 13.3. The van der Waals surface area contributed by atoms with E-state index in [1.54, 1.807) is 16.2 Å². The minimum Gasteiger partial charge on any atom is -0.444 e. The molecule has 2 atom stereocenters. The van der Waals surface area contributed by atoms with Crippen LogP contribution in [0.2, 0.25) is 0 Å². The van der Waals surface area contributed by atoms with Crippen molar-refractivity contribution in [3.05, 3.63) is 16.6 Å². The highest BCUT2D eigenvalue weighted by Gasteiger charge is 2.50. The van der Waals surface area contributed by atoms with Gasteiger partial charge in [-0.15, -0.1) is 11.3 Å². The van der Waals surface area contributed by atoms with Crippen molar-refractivity contribution in [2.24, 2.45) is 0 Å². The molecule has 1 aromatic heterocycles. The fraction of sp³-hybridized carbons (Fsp3) is 0.733. The molecular formula is C15H23N3O3S. The topological polar surface area (TPSA) is 63.7 Å². The van der Waals surface area contributed by atoms with Crippen molar-refractivity contribution < 1.29 is 14.3 Å². The summed E-state index contributed by atoms with van der Waals surface area (Å²) in [5.74, 6) is 0. The summed E-state index contributed by atoms with van der Waals surface area (Å²) in [6, 6.07) is 0.0358. The Bertz CT molecular complexity index is 529. The maximum absolute atomic E-state index is 12.3. The van der Waals surface area contributed by atoms with Gasteiger partial charge in [-0.2, -0.15) is 0 Å². The molecule has 6 nitrogen and oxygen atoms in total.